The fourth-order valence-electron chi connectivity index (χ4n) is 6.97. The molecular formula is C29H42N2O7S. The number of rotatable bonds is 12. The van der Waals surface area contributed by atoms with E-state index in [2.05, 4.69) is 5.32 Å². The van der Waals surface area contributed by atoms with E-state index in [-0.39, 0.29) is 49.1 Å². The number of hydrogen-bond acceptors (Lipinski definition) is 7. The van der Waals surface area contributed by atoms with Crippen molar-refractivity contribution in [3.05, 3.63) is 36.1 Å². The van der Waals surface area contributed by atoms with Gasteiger partial charge in [-0.25, -0.2) is 8.42 Å². The van der Waals surface area contributed by atoms with Crippen LogP contribution in [0.25, 0.3) is 0 Å². The molecule has 3 aliphatic carbocycles. The maximum atomic E-state index is 13.3. The lowest BCUT2D eigenvalue weighted by atomic mass is 9.86. The van der Waals surface area contributed by atoms with Gasteiger partial charge >= 0.3 is 0 Å². The van der Waals surface area contributed by atoms with Gasteiger partial charge < -0.3 is 24.6 Å². The minimum atomic E-state index is -3.84. The third kappa shape index (κ3) is 6.61. The molecule has 39 heavy (non-hydrogen) atoms. The number of nitrogens with zero attached hydrogens (tertiary/aromatic N) is 1. The number of methoxy groups -OCH3 is 1. The average Bonchev–Trinajstić information content (AvgIpc) is 3.72. The number of benzene rings is 1. The summed E-state index contributed by atoms with van der Waals surface area (Å²) in [5.41, 5.74) is 0. The first-order valence-corrected chi connectivity index (χ1v) is 15.9. The summed E-state index contributed by atoms with van der Waals surface area (Å²) in [7, 11) is -2.32. The predicted octanol–water partition coefficient (Wildman–Crippen LogP) is 3.44. The quantitative estimate of drug-likeness (QED) is 0.401. The molecule has 1 aliphatic heterocycles. The maximum absolute atomic E-state index is 13.3. The Hall–Kier alpha value is -2.14. The Morgan fingerprint density at radius 1 is 1.05 bits per heavy atom. The van der Waals surface area contributed by atoms with Gasteiger partial charge in [-0.15, -0.1) is 0 Å². The molecule has 0 radical (unpaired) electrons. The number of ether oxygens (including phenoxy) is 3. The van der Waals surface area contributed by atoms with Gasteiger partial charge in [0.25, 0.3) is 5.91 Å². The number of amides is 1. The van der Waals surface area contributed by atoms with Gasteiger partial charge in [0.1, 0.15) is 5.75 Å². The Morgan fingerprint density at radius 3 is 2.46 bits per heavy atom. The van der Waals surface area contributed by atoms with Crippen LogP contribution in [0.15, 0.2) is 41.0 Å². The fraction of sp³-hybridized carbons (Fsp3) is 0.690. The van der Waals surface area contributed by atoms with E-state index < -0.39 is 16.3 Å². The summed E-state index contributed by atoms with van der Waals surface area (Å²) in [5.74, 6) is 2.75. The van der Waals surface area contributed by atoms with Crippen LogP contribution in [0.1, 0.15) is 57.8 Å². The highest BCUT2D eigenvalue weighted by molar-refractivity contribution is 7.89. The molecule has 1 amide bonds. The summed E-state index contributed by atoms with van der Waals surface area (Å²) in [5, 5.41) is 12.8. The van der Waals surface area contributed by atoms with Gasteiger partial charge in [0.2, 0.25) is 16.3 Å². The molecule has 2 N–H and O–H groups in total. The summed E-state index contributed by atoms with van der Waals surface area (Å²) >= 11 is 0. The Labute approximate surface area is 231 Å². The second-order valence-electron chi connectivity index (χ2n) is 11.5. The molecule has 1 aromatic rings. The highest BCUT2D eigenvalue weighted by Crippen LogP contribution is 2.45. The van der Waals surface area contributed by atoms with Crippen molar-refractivity contribution in [2.24, 2.45) is 23.7 Å². The van der Waals surface area contributed by atoms with Gasteiger partial charge in [-0.2, -0.15) is 4.31 Å². The number of fused-ring (bicyclic) bond motifs is 2. The lowest BCUT2D eigenvalue weighted by Gasteiger charge is -2.33. The molecule has 9 nitrogen and oxygen atoms in total. The molecule has 0 saturated heterocycles. The molecule has 5 atom stereocenters. The second kappa shape index (κ2) is 12.6. The molecule has 5 rings (SSSR count). The van der Waals surface area contributed by atoms with Crippen LogP contribution >= 0.6 is 0 Å². The van der Waals surface area contributed by atoms with E-state index in [1.807, 2.05) is 6.08 Å². The largest absolute Gasteiger partial charge is 0.497 e. The lowest BCUT2D eigenvalue weighted by Crippen LogP contribution is -2.42. The summed E-state index contributed by atoms with van der Waals surface area (Å²) in [4.78, 5) is 13.4. The number of aliphatic hydroxyl groups is 1. The zero-order chi connectivity index (χ0) is 27.4. The Balaban J connectivity index is 1.21. The molecular weight excluding hydrogens is 520 g/mol. The van der Waals surface area contributed by atoms with E-state index in [1.165, 1.54) is 55.7 Å². The van der Waals surface area contributed by atoms with Crippen molar-refractivity contribution in [3.8, 4) is 5.75 Å². The molecule has 3 unspecified atom stereocenters. The van der Waals surface area contributed by atoms with Crippen molar-refractivity contribution in [3.63, 3.8) is 0 Å². The van der Waals surface area contributed by atoms with Crippen molar-refractivity contribution in [2.75, 3.05) is 33.4 Å². The Morgan fingerprint density at radius 2 is 1.82 bits per heavy atom. The van der Waals surface area contributed by atoms with E-state index in [1.54, 1.807) is 12.1 Å². The summed E-state index contributed by atoms with van der Waals surface area (Å²) in [6.07, 6.45) is 11.4. The van der Waals surface area contributed by atoms with E-state index in [0.717, 1.165) is 25.2 Å². The van der Waals surface area contributed by atoms with Gasteiger partial charge in [-0.3, -0.25) is 4.79 Å². The lowest BCUT2D eigenvalue weighted by molar-refractivity contribution is -0.151. The molecule has 4 aliphatic rings. The zero-order valence-electron chi connectivity index (χ0n) is 22.8. The van der Waals surface area contributed by atoms with Crippen LogP contribution in [0.5, 0.6) is 5.75 Å². The van der Waals surface area contributed by atoms with Crippen molar-refractivity contribution >= 4 is 15.9 Å². The van der Waals surface area contributed by atoms with Crippen LogP contribution < -0.4 is 10.1 Å². The number of nitrogens with one attached hydrogen (secondary N) is 1. The van der Waals surface area contributed by atoms with Crippen LogP contribution in [0.4, 0.5) is 0 Å². The third-order valence-electron chi connectivity index (χ3n) is 9.06. The van der Waals surface area contributed by atoms with Crippen molar-refractivity contribution < 1.29 is 32.5 Å². The number of carbonyl (C=O) groups is 1. The third-order valence-corrected chi connectivity index (χ3v) is 11.0. The molecule has 1 aromatic carbocycles. The molecule has 3 fully saturated rings. The summed E-state index contributed by atoms with van der Waals surface area (Å²) in [6, 6.07) is 6.38. The van der Waals surface area contributed by atoms with Gasteiger partial charge in [-0.05, 0) is 86.1 Å². The normalized spacial score (nSPS) is 28.9. The molecule has 216 valence electrons. The summed E-state index contributed by atoms with van der Waals surface area (Å²) < 4.78 is 44.9. The number of hydrogen-bond donors (Lipinski definition) is 2. The van der Waals surface area contributed by atoms with Crippen molar-refractivity contribution in [1.29, 1.82) is 0 Å². The van der Waals surface area contributed by atoms with Crippen molar-refractivity contribution in [2.45, 2.75) is 75.0 Å². The number of sulfonamides is 1. The monoisotopic (exact) mass is 562 g/mol. The zero-order valence-corrected chi connectivity index (χ0v) is 23.6. The standard InChI is InChI=1S/C29H42N2O7S/c1-36-24-8-10-25(11-9-24)39(34,35)31(12-14-32)13-15-37-28-19-23(21-4-2-3-5-21)18-27(38-28)29(33)30-26-17-20-6-7-22(26)16-20/h8-11,18,20-23,26,28,32H,2-7,12-17,19H2,1H3,(H,30,33)/t20?,22?,23-,26?,28+/m0/s1. The fourth-order valence-corrected chi connectivity index (χ4v) is 8.38. The molecule has 0 spiro atoms. The van der Waals surface area contributed by atoms with E-state index in [0.29, 0.717) is 29.8 Å². The van der Waals surface area contributed by atoms with Crippen LogP contribution in [-0.4, -0.2) is 69.5 Å². The second-order valence-corrected chi connectivity index (χ2v) is 13.4. The molecule has 3 saturated carbocycles. The van der Waals surface area contributed by atoms with Crippen LogP contribution in [0.3, 0.4) is 0 Å². The van der Waals surface area contributed by atoms with Gasteiger partial charge in [0.05, 0.1) is 25.2 Å². The molecule has 0 aromatic heterocycles. The SMILES string of the molecule is COc1ccc(S(=O)(=O)N(CCO)CCO[C@H]2C[C@@H](C3CCCC3)C=C(C(=O)NC3CC4CCC3C4)O2)cc1. The average molecular weight is 563 g/mol. The maximum Gasteiger partial charge on any atom is 0.286 e. The number of aliphatic hydroxyl groups excluding tert-OH is 1. The summed E-state index contributed by atoms with van der Waals surface area (Å²) in [6.45, 7) is -0.224. The first-order valence-electron chi connectivity index (χ1n) is 14.4. The van der Waals surface area contributed by atoms with E-state index in [9.17, 15) is 18.3 Å². The highest BCUT2D eigenvalue weighted by atomic mass is 32.2. The Kier molecular flexibility index (Phi) is 9.16. The minimum absolute atomic E-state index is 0.0505. The minimum Gasteiger partial charge on any atom is -0.497 e. The molecule has 1 heterocycles. The van der Waals surface area contributed by atoms with Crippen LogP contribution in [0.2, 0.25) is 0 Å². The highest BCUT2D eigenvalue weighted by Gasteiger charge is 2.41. The van der Waals surface area contributed by atoms with Gasteiger partial charge in [-0.1, -0.05) is 19.3 Å². The Bertz CT molecular complexity index is 1120. The predicted molar refractivity (Wildman–Crippen MR) is 145 cm³/mol. The van der Waals surface area contributed by atoms with Crippen LogP contribution in [-0.2, 0) is 24.3 Å². The van der Waals surface area contributed by atoms with Gasteiger partial charge in [0, 0.05) is 25.6 Å². The van der Waals surface area contributed by atoms with Crippen LogP contribution in [0, 0.1) is 23.7 Å². The van der Waals surface area contributed by atoms with E-state index in [4.69, 9.17) is 14.2 Å². The number of allylic oxidation sites excluding steroid dienone is 1. The van der Waals surface area contributed by atoms with E-state index >= 15 is 0 Å². The van der Waals surface area contributed by atoms with Gasteiger partial charge in [0.15, 0.2) is 5.76 Å². The first-order chi connectivity index (χ1) is 18.9. The smallest absolute Gasteiger partial charge is 0.286 e. The van der Waals surface area contributed by atoms with Crippen molar-refractivity contribution in [1.82, 2.24) is 9.62 Å². The molecule has 2 bridgehead atoms. The number of carbonyl (C=O) groups excluding carboxylic acids is 1. The first kappa shape index (κ1) is 28.4. The molecule has 10 heteroatoms. The topological polar surface area (TPSA) is 114 Å².